The van der Waals surface area contributed by atoms with Gasteiger partial charge in [0.15, 0.2) is 0 Å². The van der Waals surface area contributed by atoms with Gasteiger partial charge in [0.1, 0.15) is 0 Å². The van der Waals surface area contributed by atoms with E-state index in [1.54, 1.807) is 0 Å². The molecule has 0 saturated carbocycles. The molecule has 0 unspecified atom stereocenters. The summed E-state index contributed by atoms with van der Waals surface area (Å²) in [5, 5.41) is 0. The quantitative estimate of drug-likeness (QED) is 0.415. The van der Waals surface area contributed by atoms with E-state index in [1.807, 2.05) is 6.92 Å². The maximum absolute atomic E-state index is 5.20. The molecule has 0 aromatic heterocycles. The Morgan fingerprint density at radius 2 is 2.33 bits per heavy atom. The molecule has 53 valence electrons. The van der Waals surface area contributed by atoms with Crippen molar-refractivity contribution in [3.63, 3.8) is 0 Å². The lowest BCUT2D eigenvalue weighted by molar-refractivity contribution is 0.160. The van der Waals surface area contributed by atoms with E-state index in [0.29, 0.717) is 0 Å². The van der Waals surface area contributed by atoms with Crippen molar-refractivity contribution < 1.29 is 4.74 Å². The predicted octanol–water partition coefficient (Wildman–Crippen LogP) is 2.19. The third kappa shape index (κ3) is 5.57. The van der Waals surface area contributed by atoms with Gasteiger partial charge in [-0.25, -0.2) is 0 Å². The number of hydrogen-bond donors (Lipinski definition) is 0. The Morgan fingerprint density at radius 1 is 1.67 bits per heavy atom. The molecule has 0 fully saturated rings. The van der Waals surface area contributed by atoms with Gasteiger partial charge in [0.25, 0.3) is 0 Å². The SMILES string of the molecule is [CH2]CCOCC(C)=CC. The maximum atomic E-state index is 5.20. The van der Waals surface area contributed by atoms with E-state index in [-0.39, 0.29) is 0 Å². The van der Waals surface area contributed by atoms with Gasteiger partial charge in [-0.3, -0.25) is 0 Å². The normalized spacial score (nSPS) is 12.1. The van der Waals surface area contributed by atoms with E-state index in [2.05, 4.69) is 19.9 Å². The molecule has 0 N–H and O–H groups in total. The molecule has 0 aliphatic carbocycles. The van der Waals surface area contributed by atoms with Gasteiger partial charge in [0.05, 0.1) is 6.61 Å². The third-order valence-corrected chi connectivity index (χ3v) is 1.11. The molecule has 0 heterocycles. The van der Waals surface area contributed by atoms with E-state index in [4.69, 9.17) is 4.74 Å². The standard InChI is InChI=1S/C8H15O/c1-4-6-9-7-8(3)5-2/h5H,1,4,6-7H2,2-3H3. The second-order valence-corrected chi connectivity index (χ2v) is 2.04. The molecule has 9 heavy (non-hydrogen) atoms. The fourth-order valence-electron chi connectivity index (χ4n) is 0.419. The summed E-state index contributed by atoms with van der Waals surface area (Å²) < 4.78 is 5.20. The number of allylic oxidation sites excluding steroid dienone is 1. The molecule has 1 heteroatoms. The smallest absolute Gasteiger partial charge is 0.0673 e. The zero-order chi connectivity index (χ0) is 7.11. The highest BCUT2D eigenvalue weighted by atomic mass is 16.5. The Bertz CT molecular complexity index is 84.6. The van der Waals surface area contributed by atoms with Gasteiger partial charge in [-0.05, 0) is 20.3 Å². The van der Waals surface area contributed by atoms with E-state index in [9.17, 15) is 0 Å². The summed E-state index contributed by atoms with van der Waals surface area (Å²) in [4.78, 5) is 0. The van der Waals surface area contributed by atoms with Gasteiger partial charge < -0.3 is 4.74 Å². The van der Waals surface area contributed by atoms with Crippen molar-refractivity contribution >= 4 is 0 Å². The molecule has 0 aromatic carbocycles. The highest BCUT2D eigenvalue weighted by Crippen LogP contribution is 1.92. The zero-order valence-electron chi connectivity index (χ0n) is 6.31. The second-order valence-electron chi connectivity index (χ2n) is 2.04. The van der Waals surface area contributed by atoms with Crippen LogP contribution < -0.4 is 0 Å². The van der Waals surface area contributed by atoms with Gasteiger partial charge in [-0.1, -0.05) is 18.6 Å². The summed E-state index contributed by atoms with van der Waals surface area (Å²) in [7, 11) is 0. The first kappa shape index (κ1) is 8.70. The van der Waals surface area contributed by atoms with Gasteiger partial charge in [-0.2, -0.15) is 0 Å². The Labute approximate surface area is 57.7 Å². The van der Waals surface area contributed by atoms with Crippen LogP contribution in [0.15, 0.2) is 11.6 Å². The van der Waals surface area contributed by atoms with Crippen molar-refractivity contribution in [1.29, 1.82) is 0 Å². The molecule has 0 aromatic rings. The zero-order valence-corrected chi connectivity index (χ0v) is 6.31. The lowest BCUT2D eigenvalue weighted by Gasteiger charge is -2.00. The van der Waals surface area contributed by atoms with E-state index in [0.717, 1.165) is 19.6 Å². The summed E-state index contributed by atoms with van der Waals surface area (Å²) in [5.41, 5.74) is 1.28. The first-order chi connectivity index (χ1) is 4.31. The van der Waals surface area contributed by atoms with Crippen molar-refractivity contribution in [3.05, 3.63) is 18.6 Å². The molecule has 0 aliphatic rings. The van der Waals surface area contributed by atoms with Gasteiger partial charge in [0.2, 0.25) is 0 Å². The van der Waals surface area contributed by atoms with Crippen molar-refractivity contribution in [2.75, 3.05) is 13.2 Å². The monoisotopic (exact) mass is 127 g/mol. The molecule has 0 saturated heterocycles. The summed E-state index contributed by atoms with van der Waals surface area (Å²) in [6.45, 7) is 9.26. The summed E-state index contributed by atoms with van der Waals surface area (Å²) in [6.07, 6.45) is 2.92. The molecule has 1 nitrogen and oxygen atoms in total. The molecule has 0 aliphatic heterocycles. The van der Waals surface area contributed by atoms with Crippen molar-refractivity contribution in [1.82, 2.24) is 0 Å². The Hall–Kier alpha value is -0.300. The van der Waals surface area contributed by atoms with Crippen molar-refractivity contribution in [2.45, 2.75) is 20.3 Å². The van der Waals surface area contributed by atoms with Crippen LogP contribution in [0.5, 0.6) is 0 Å². The van der Waals surface area contributed by atoms with E-state index in [1.165, 1.54) is 5.57 Å². The summed E-state index contributed by atoms with van der Waals surface area (Å²) >= 11 is 0. The van der Waals surface area contributed by atoms with Crippen LogP contribution in [0.25, 0.3) is 0 Å². The van der Waals surface area contributed by atoms with Crippen molar-refractivity contribution in [3.8, 4) is 0 Å². The van der Waals surface area contributed by atoms with Gasteiger partial charge in [-0.15, -0.1) is 0 Å². The van der Waals surface area contributed by atoms with Crippen LogP contribution in [0.3, 0.4) is 0 Å². The number of rotatable bonds is 4. The fraction of sp³-hybridized carbons (Fsp3) is 0.625. The highest BCUT2D eigenvalue weighted by molar-refractivity contribution is 4.95. The van der Waals surface area contributed by atoms with Crippen LogP contribution >= 0.6 is 0 Å². The van der Waals surface area contributed by atoms with Crippen LogP contribution in [0.1, 0.15) is 20.3 Å². The van der Waals surface area contributed by atoms with E-state index < -0.39 is 0 Å². The Morgan fingerprint density at radius 3 is 2.78 bits per heavy atom. The van der Waals surface area contributed by atoms with Crippen LogP contribution in [-0.2, 0) is 4.74 Å². The predicted molar refractivity (Wildman–Crippen MR) is 40.2 cm³/mol. The second kappa shape index (κ2) is 5.83. The maximum Gasteiger partial charge on any atom is 0.0673 e. The lowest BCUT2D eigenvalue weighted by Crippen LogP contribution is -1.95. The first-order valence-corrected chi connectivity index (χ1v) is 3.30. The Kier molecular flexibility index (Phi) is 5.64. The summed E-state index contributed by atoms with van der Waals surface area (Å²) in [6, 6.07) is 0. The fourth-order valence-corrected chi connectivity index (χ4v) is 0.419. The molecule has 1 radical (unpaired) electrons. The van der Waals surface area contributed by atoms with Crippen molar-refractivity contribution in [2.24, 2.45) is 0 Å². The molecule has 0 rings (SSSR count). The third-order valence-electron chi connectivity index (χ3n) is 1.11. The molecular weight excluding hydrogens is 112 g/mol. The van der Waals surface area contributed by atoms with Crippen LogP contribution in [-0.4, -0.2) is 13.2 Å². The number of ether oxygens (including phenoxy) is 1. The molecular formula is C8H15O. The van der Waals surface area contributed by atoms with Crippen LogP contribution in [0.4, 0.5) is 0 Å². The van der Waals surface area contributed by atoms with Crippen LogP contribution in [0.2, 0.25) is 0 Å². The number of hydrogen-bond acceptors (Lipinski definition) is 1. The highest BCUT2D eigenvalue weighted by Gasteiger charge is 1.85. The molecule has 0 bridgehead atoms. The first-order valence-electron chi connectivity index (χ1n) is 3.30. The minimum absolute atomic E-state index is 0.756. The van der Waals surface area contributed by atoms with Gasteiger partial charge >= 0.3 is 0 Å². The average molecular weight is 127 g/mol. The average Bonchev–Trinajstić information content (AvgIpc) is 1.89. The van der Waals surface area contributed by atoms with E-state index >= 15 is 0 Å². The molecule has 0 atom stereocenters. The largest absolute Gasteiger partial charge is 0.377 e. The van der Waals surface area contributed by atoms with Gasteiger partial charge in [0, 0.05) is 6.61 Å². The minimum atomic E-state index is 0.756. The summed E-state index contributed by atoms with van der Waals surface area (Å²) in [5.74, 6) is 0. The topological polar surface area (TPSA) is 9.23 Å². The minimum Gasteiger partial charge on any atom is -0.377 e. The lowest BCUT2D eigenvalue weighted by atomic mass is 10.3. The Balaban J connectivity index is 3.07. The molecule has 0 amide bonds. The molecule has 0 spiro atoms. The van der Waals surface area contributed by atoms with Crippen LogP contribution in [0, 0.1) is 6.92 Å².